The van der Waals surface area contributed by atoms with Gasteiger partial charge in [-0.3, -0.25) is 4.79 Å². The maximum atomic E-state index is 13.5. The SMILES string of the molecule is O=C(N[C@H]1CC[C@H](CS(=O)(=O)c2cccc(C(F)(F)F)c2)CC1)c1ccc(Cl)c(F)c1. The average molecular weight is 478 g/mol. The number of carbonyl (C=O) groups excluding carboxylic acids is 1. The molecule has 0 heterocycles. The van der Waals surface area contributed by atoms with Crippen molar-refractivity contribution >= 4 is 27.3 Å². The lowest BCUT2D eigenvalue weighted by atomic mass is 9.87. The Labute approximate surface area is 182 Å². The highest BCUT2D eigenvalue weighted by atomic mass is 35.5. The highest BCUT2D eigenvalue weighted by Crippen LogP contribution is 2.32. The Morgan fingerprint density at radius 3 is 2.35 bits per heavy atom. The first-order valence-corrected chi connectivity index (χ1v) is 11.6. The van der Waals surface area contributed by atoms with Crippen molar-refractivity contribution in [2.75, 3.05) is 5.75 Å². The van der Waals surface area contributed by atoms with Crippen molar-refractivity contribution in [1.82, 2.24) is 5.32 Å². The predicted molar refractivity (Wildman–Crippen MR) is 108 cm³/mol. The van der Waals surface area contributed by atoms with Crippen LogP contribution in [-0.2, 0) is 16.0 Å². The van der Waals surface area contributed by atoms with E-state index < -0.39 is 33.3 Å². The number of carbonyl (C=O) groups is 1. The van der Waals surface area contributed by atoms with E-state index in [0.29, 0.717) is 31.7 Å². The standard InChI is InChI=1S/C21H20ClF4NO3S/c22-18-9-6-14(10-19(18)23)20(28)27-16-7-4-13(5-8-16)12-31(29,30)17-3-1-2-15(11-17)21(24,25)26/h1-3,6,9-11,13,16H,4-5,7-8,12H2,(H,27,28)/t13-,16-. The van der Waals surface area contributed by atoms with Gasteiger partial charge in [0.1, 0.15) is 5.82 Å². The molecule has 0 radical (unpaired) electrons. The Kier molecular flexibility index (Phi) is 6.95. The molecular formula is C21H20ClF4NO3S. The fourth-order valence-corrected chi connectivity index (χ4v) is 5.51. The van der Waals surface area contributed by atoms with Crippen molar-refractivity contribution < 1.29 is 30.8 Å². The lowest BCUT2D eigenvalue weighted by molar-refractivity contribution is -0.137. The number of hydrogen-bond acceptors (Lipinski definition) is 3. The smallest absolute Gasteiger partial charge is 0.349 e. The van der Waals surface area contributed by atoms with Gasteiger partial charge in [-0.1, -0.05) is 17.7 Å². The van der Waals surface area contributed by atoms with E-state index in [2.05, 4.69) is 5.32 Å². The van der Waals surface area contributed by atoms with Crippen LogP contribution in [0.15, 0.2) is 47.4 Å². The second-order valence-corrected chi connectivity index (χ2v) is 10.1. The van der Waals surface area contributed by atoms with E-state index in [4.69, 9.17) is 11.6 Å². The summed E-state index contributed by atoms with van der Waals surface area (Å²) in [5.74, 6) is -1.62. The molecular weight excluding hydrogens is 458 g/mol. The number of amides is 1. The van der Waals surface area contributed by atoms with Crippen LogP contribution in [0.2, 0.25) is 5.02 Å². The van der Waals surface area contributed by atoms with Gasteiger partial charge in [-0.15, -0.1) is 0 Å². The van der Waals surface area contributed by atoms with Crippen molar-refractivity contribution in [2.45, 2.75) is 42.8 Å². The molecule has 1 aliphatic carbocycles. The summed E-state index contributed by atoms with van der Waals surface area (Å²) < 4.78 is 77.3. The molecule has 1 aliphatic rings. The topological polar surface area (TPSA) is 63.2 Å². The molecule has 0 saturated heterocycles. The summed E-state index contributed by atoms with van der Waals surface area (Å²) in [7, 11) is -3.88. The van der Waals surface area contributed by atoms with Crippen LogP contribution in [0.3, 0.4) is 0 Å². The molecule has 168 valence electrons. The van der Waals surface area contributed by atoms with E-state index in [9.17, 15) is 30.8 Å². The van der Waals surface area contributed by atoms with Gasteiger partial charge in [0.05, 0.1) is 21.2 Å². The van der Waals surface area contributed by atoms with Crippen LogP contribution < -0.4 is 5.32 Å². The minimum Gasteiger partial charge on any atom is -0.349 e. The third-order valence-corrected chi connectivity index (χ3v) is 7.53. The molecule has 1 N–H and O–H groups in total. The van der Waals surface area contributed by atoms with E-state index in [-0.39, 0.29) is 33.2 Å². The molecule has 1 saturated carbocycles. The molecule has 0 aliphatic heterocycles. The van der Waals surface area contributed by atoms with Gasteiger partial charge >= 0.3 is 6.18 Å². The molecule has 2 aromatic carbocycles. The summed E-state index contributed by atoms with van der Waals surface area (Å²) in [6, 6.07) is 7.30. The number of nitrogens with one attached hydrogen (secondary N) is 1. The molecule has 0 bridgehead atoms. The predicted octanol–water partition coefficient (Wildman–Crippen LogP) is 5.26. The van der Waals surface area contributed by atoms with E-state index in [1.165, 1.54) is 18.2 Å². The number of hydrogen-bond donors (Lipinski definition) is 1. The minimum atomic E-state index is -4.62. The molecule has 10 heteroatoms. The Balaban J connectivity index is 1.57. The maximum Gasteiger partial charge on any atom is 0.416 e. The number of halogens is 5. The molecule has 2 aromatic rings. The zero-order valence-corrected chi connectivity index (χ0v) is 17.8. The van der Waals surface area contributed by atoms with E-state index >= 15 is 0 Å². The van der Waals surface area contributed by atoms with Crippen molar-refractivity contribution in [3.8, 4) is 0 Å². The molecule has 1 amide bonds. The number of benzene rings is 2. The molecule has 0 unspecified atom stereocenters. The van der Waals surface area contributed by atoms with Crippen LogP contribution in [0.1, 0.15) is 41.6 Å². The van der Waals surface area contributed by atoms with E-state index in [1.807, 2.05) is 0 Å². The third-order valence-electron chi connectivity index (χ3n) is 5.34. The van der Waals surface area contributed by atoms with Gasteiger partial charge in [-0.05, 0) is 68.0 Å². The molecule has 0 spiro atoms. The molecule has 0 atom stereocenters. The van der Waals surface area contributed by atoms with E-state index in [0.717, 1.165) is 18.2 Å². The first-order chi connectivity index (χ1) is 14.5. The first kappa shape index (κ1) is 23.5. The third kappa shape index (κ3) is 5.98. The lowest BCUT2D eigenvalue weighted by Gasteiger charge is -2.29. The van der Waals surface area contributed by atoms with Gasteiger partial charge in [0.2, 0.25) is 0 Å². The Hall–Kier alpha value is -2.13. The summed E-state index contributed by atoms with van der Waals surface area (Å²) >= 11 is 5.61. The maximum absolute atomic E-state index is 13.5. The number of sulfone groups is 1. The van der Waals surface area contributed by atoms with Crippen LogP contribution in [0.5, 0.6) is 0 Å². The van der Waals surface area contributed by atoms with Gasteiger partial charge in [0, 0.05) is 11.6 Å². The first-order valence-electron chi connectivity index (χ1n) is 9.61. The lowest BCUT2D eigenvalue weighted by Crippen LogP contribution is -2.38. The molecule has 31 heavy (non-hydrogen) atoms. The summed E-state index contributed by atoms with van der Waals surface area (Å²) in [5, 5.41) is 2.71. The Bertz CT molecular complexity index is 1060. The zero-order chi connectivity index (χ0) is 22.8. The molecule has 4 nitrogen and oxygen atoms in total. The highest BCUT2D eigenvalue weighted by Gasteiger charge is 2.33. The zero-order valence-electron chi connectivity index (χ0n) is 16.3. The van der Waals surface area contributed by atoms with Gasteiger partial charge in [0.25, 0.3) is 5.91 Å². The van der Waals surface area contributed by atoms with Gasteiger partial charge in [-0.25, -0.2) is 12.8 Å². The monoisotopic (exact) mass is 477 g/mol. The van der Waals surface area contributed by atoms with Crippen molar-refractivity contribution in [1.29, 1.82) is 0 Å². The molecule has 1 fully saturated rings. The second-order valence-electron chi connectivity index (χ2n) is 7.63. The Morgan fingerprint density at radius 1 is 1.06 bits per heavy atom. The molecule has 0 aromatic heterocycles. The van der Waals surface area contributed by atoms with Crippen molar-refractivity contribution in [3.05, 3.63) is 64.4 Å². The summed E-state index contributed by atoms with van der Waals surface area (Å²) in [5.41, 5.74) is -0.866. The normalized spacial score (nSPS) is 19.8. The van der Waals surface area contributed by atoms with Gasteiger partial charge < -0.3 is 5.32 Å². The van der Waals surface area contributed by atoms with Crippen LogP contribution in [-0.4, -0.2) is 26.1 Å². The van der Waals surface area contributed by atoms with Crippen molar-refractivity contribution in [2.24, 2.45) is 5.92 Å². The van der Waals surface area contributed by atoms with Crippen LogP contribution in [0.25, 0.3) is 0 Å². The van der Waals surface area contributed by atoms with Crippen LogP contribution in [0, 0.1) is 11.7 Å². The van der Waals surface area contributed by atoms with Gasteiger partial charge in [-0.2, -0.15) is 13.2 Å². The van der Waals surface area contributed by atoms with Gasteiger partial charge in [0.15, 0.2) is 9.84 Å². The average Bonchev–Trinajstić information content (AvgIpc) is 2.71. The summed E-state index contributed by atoms with van der Waals surface area (Å²) in [6.45, 7) is 0. The largest absolute Gasteiger partial charge is 0.416 e. The van der Waals surface area contributed by atoms with Crippen molar-refractivity contribution in [3.63, 3.8) is 0 Å². The fraction of sp³-hybridized carbons (Fsp3) is 0.381. The van der Waals surface area contributed by atoms with Crippen LogP contribution in [0.4, 0.5) is 17.6 Å². The molecule has 3 rings (SSSR count). The van der Waals surface area contributed by atoms with Crippen LogP contribution >= 0.6 is 11.6 Å². The summed E-state index contributed by atoms with van der Waals surface area (Å²) in [4.78, 5) is 11.9. The number of alkyl halides is 3. The quantitative estimate of drug-likeness (QED) is 0.597. The fourth-order valence-electron chi connectivity index (χ4n) is 3.65. The minimum absolute atomic E-state index is 0.0842. The summed E-state index contributed by atoms with van der Waals surface area (Å²) in [6.07, 6.45) is -2.58. The van der Waals surface area contributed by atoms with E-state index in [1.54, 1.807) is 0 Å². The Morgan fingerprint density at radius 2 is 1.74 bits per heavy atom. The number of rotatable bonds is 5. The highest BCUT2D eigenvalue weighted by molar-refractivity contribution is 7.91. The second kappa shape index (κ2) is 9.16.